The van der Waals surface area contributed by atoms with E-state index >= 15 is 0 Å². The van der Waals surface area contributed by atoms with Crippen molar-refractivity contribution >= 4 is 27.0 Å². The number of nitrogens with zero attached hydrogens (tertiary/aromatic N) is 3. The number of nitrogens with one attached hydrogen (secondary N) is 1. The summed E-state index contributed by atoms with van der Waals surface area (Å²) in [7, 11) is -3.49. The molecule has 1 N–H and O–H groups in total. The smallest absolute Gasteiger partial charge is 0.243 e. The Morgan fingerprint density at radius 3 is 2.62 bits per heavy atom. The topological polar surface area (TPSA) is 84.3 Å². The Morgan fingerprint density at radius 2 is 1.88 bits per heavy atom. The maximum atomic E-state index is 13.0. The minimum Gasteiger partial charge on any atom is -0.352 e. The monoisotopic (exact) mass is 482 g/mol. The largest absolute Gasteiger partial charge is 0.352 e. The minimum absolute atomic E-state index is 0.0188. The van der Waals surface area contributed by atoms with Crippen molar-refractivity contribution in [3.63, 3.8) is 0 Å². The Morgan fingerprint density at radius 1 is 1.12 bits per heavy atom. The molecule has 182 valence electrons. The third kappa shape index (κ3) is 5.33. The fraction of sp³-hybridized carbons (Fsp3) is 0.462. The number of carbonyl (C=O) groups excluding carboxylic acids is 1. The first-order valence-electron chi connectivity index (χ1n) is 12.2. The van der Waals surface area contributed by atoms with E-state index < -0.39 is 10.0 Å². The number of imidazole rings is 1. The molecular weight excluding hydrogens is 448 g/mol. The van der Waals surface area contributed by atoms with Crippen LogP contribution < -0.4 is 5.32 Å². The van der Waals surface area contributed by atoms with Crippen LogP contribution in [0.15, 0.2) is 47.4 Å². The molecule has 1 aromatic heterocycles. The number of aromatic nitrogens is 2. The zero-order chi connectivity index (χ0) is 24.1. The summed E-state index contributed by atoms with van der Waals surface area (Å²) < 4.78 is 29.7. The van der Waals surface area contributed by atoms with Gasteiger partial charge < -0.3 is 9.88 Å². The van der Waals surface area contributed by atoms with Crippen molar-refractivity contribution in [1.29, 1.82) is 0 Å². The highest BCUT2D eigenvalue weighted by atomic mass is 32.2. The van der Waals surface area contributed by atoms with Gasteiger partial charge in [-0.15, -0.1) is 0 Å². The number of benzene rings is 2. The Bertz CT molecular complexity index is 1260. The van der Waals surface area contributed by atoms with E-state index in [0.29, 0.717) is 42.9 Å². The first-order valence-corrected chi connectivity index (χ1v) is 13.6. The van der Waals surface area contributed by atoms with Crippen molar-refractivity contribution in [3.8, 4) is 0 Å². The molecule has 8 heteroatoms. The van der Waals surface area contributed by atoms with Crippen LogP contribution in [0.3, 0.4) is 0 Å². The van der Waals surface area contributed by atoms with E-state index in [9.17, 15) is 13.2 Å². The average Bonchev–Trinajstić information content (AvgIpc) is 3.49. The van der Waals surface area contributed by atoms with Gasteiger partial charge in [-0.2, -0.15) is 4.31 Å². The lowest BCUT2D eigenvalue weighted by atomic mass is 10.1. The van der Waals surface area contributed by atoms with Gasteiger partial charge in [-0.25, -0.2) is 13.4 Å². The second-order valence-corrected chi connectivity index (χ2v) is 10.9. The van der Waals surface area contributed by atoms with Crippen LogP contribution in [0.5, 0.6) is 0 Å². The molecule has 0 bridgehead atoms. The third-order valence-electron chi connectivity index (χ3n) is 6.55. The number of carbonyl (C=O) groups is 1. The van der Waals surface area contributed by atoms with E-state index in [1.807, 2.05) is 37.3 Å². The number of hydrogen-bond acceptors (Lipinski definition) is 4. The molecule has 7 nitrogen and oxygen atoms in total. The Labute approximate surface area is 202 Å². The molecule has 0 spiro atoms. The van der Waals surface area contributed by atoms with E-state index in [-0.39, 0.29) is 5.91 Å². The Kier molecular flexibility index (Phi) is 7.68. The third-order valence-corrected chi connectivity index (χ3v) is 8.44. The fourth-order valence-corrected chi connectivity index (χ4v) is 6.01. The Hall–Kier alpha value is -2.71. The van der Waals surface area contributed by atoms with Gasteiger partial charge in [0.15, 0.2) is 0 Å². The van der Waals surface area contributed by atoms with Crippen LogP contribution in [0.25, 0.3) is 11.0 Å². The van der Waals surface area contributed by atoms with Crippen LogP contribution in [0.4, 0.5) is 0 Å². The van der Waals surface area contributed by atoms with Gasteiger partial charge in [0.2, 0.25) is 15.9 Å². The summed E-state index contributed by atoms with van der Waals surface area (Å²) in [6.07, 6.45) is 4.68. The van der Waals surface area contributed by atoms with Crippen molar-refractivity contribution in [2.75, 3.05) is 13.1 Å². The number of fused-ring (bicyclic) bond motifs is 1. The quantitative estimate of drug-likeness (QED) is 0.470. The lowest BCUT2D eigenvalue weighted by Crippen LogP contribution is -2.27. The highest BCUT2D eigenvalue weighted by Gasteiger charge is 2.28. The summed E-state index contributed by atoms with van der Waals surface area (Å²) in [6.45, 7) is 6.64. The van der Waals surface area contributed by atoms with Gasteiger partial charge in [0, 0.05) is 39.0 Å². The van der Waals surface area contributed by atoms with Crippen LogP contribution in [-0.4, -0.2) is 41.3 Å². The molecule has 2 aromatic carbocycles. The van der Waals surface area contributed by atoms with Crippen LogP contribution in [0.1, 0.15) is 56.0 Å². The second-order valence-electron chi connectivity index (χ2n) is 9.00. The molecule has 1 aliphatic rings. The lowest BCUT2D eigenvalue weighted by molar-refractivity contribution is -0.121. The predicted octanol–water partition coefficient (Wildman–Crippen LogP) is 4.18. The van der Waals surface area contributed by atoms with Gasteiger partial charge in [-0.1, -0.05) is 37.6 Å². The second kappa shape index (κ2) is 10.7. The molecule has 2 heterocycles. The number of unbranched alkanes of at least 4 members (excludes halogenated alkanes) is 1. The van der Waals surface area contributed by atoms with Crippen LogP contribution in [-0.2, 0) is 34.3 Å². The summed E-state index contributed by atoms with van der Waals surface area (Å²) in [5, 5.41) is 3.01. The molecular formula is C26H34N4O3S. The minimum atomic E-state index is -3.49. The first kappa shape index (κ1) is 24.4. The van der Waals surface area contributed by atoms with Crippen molar-refractivity contribution in [3.05, 3.63) is 59.4 Å². The zero-order valence-electron chi connectivity index (χ0n) is 20.1. The van der Waals surface area contributed by atoms with Crippen LogP contribution in [0.2, 0.25) is 0 Å². The number of sulfonamides is 1. The van der Waals surface area contributed by atoms with Crippen molar-refractivity contribution in [2.45, 2.75) is 70.4 Å². The van der Waals surface area contributed by atoms with Crippen molar-refractivity contribution in [1.82, 2.24) is 19.2 Å². The summed E-state index contributed by atoms with van der Waals surface area (Å²) >= 11 is 0. The Balaban J connectivity index is 1.51. The number of aryl methyl sites for hydroxylation is 3. The molecule has 1 aliphatic heterocycles. The van der Waals surface area contributed by atoms with Crippen molar-refractivity contribution < 1.29 is 13.2 Å². The molecule has 0 saturated carbocycles. The van der Waals surface area contributed by atoms with Gasteiger partial charge in [0.1, 0.15) is 5.82 Å². The van der Waals surface area contributed by atoms with Gasteiger partial charge in [0.25, 0.3) is 0 Å². The summed E-state index contributed by atoms with van der Waals surface area (Å²) in [5.41, 5.74) is 3.86. The van der Waals surface area contributed by atoms with E-state index in [1.54, 1.807) is 16.4 Å². The summed E-state index contributed by atoms with van der Waals surface area (Å²) in [5.74, 6) is 0.805. The SMILES string of the molecule is CCCCn1c(CCC(=O)NCc2ccccc2C)nc2cc(S(=O)(=O)N3CCCC3)ccc21. The van der Waals surface area contributed by atoms with E-state index in [0.717, 1.165) is 54.7 Å². The van der Waals surface area contributed by atoms with E-state index in [1.165, 1.54) is 0 Å². The number of amides is 1. The van der Waals surface area contributed by atoms with Gasteiger partial charge in [-0.3, -0.25) is 4.79 Å². The van der Waals surface area contributed by atoms with Crippen molar-refractivity contribution in [2.24, 2.45) is 0 Å². The molecule has 0 aliphatic carbocycles. The molecule has 3 aromatic rings. The molecule has 1 amide bonds. The molecule has 4 rings (SSSR count). The lowest BCUT2D eigenvalue weighted by Gasteiger charge is -2.15. The molecule has 1 saturated heterocycles. The average molecular weight is 483 g/mol. The number of hydrogen-bond donors (Lipinski definition) is 1. The van der Waals surface area contributed by atoms with Gasteiger partial charge >= 0.3 is 0 Å². The highest BCUT2D eigenvalue weighted by Crippen LogP contribution is 2.26. The molecule has 0 radical (unpaired) electrons. The van der Waals surface area contributed by atoms with Crippen LogP contribution >= 0.6 is 0 Å². The molecule has 0 atom stereocenters. The van der Waals surface area contributed by atoms with Gasteiger partial charge in [-0.05, 0) is 55.5 Å². The molecule has 34 heavy (non-hydrogen) atoms. The van der Waals surface area contributed by atoms with Crippen LogP contribution in [0, 0.1) is 6.92 Å². The standard InChI is InChI=1S/C26H34N4O3S/c1-3-4-17-30-24-12-11-22(34(32,33)29-15-7-8-16-29)18-23(24)28-25(30)13-14-26(31)27-19-21-10-6-5-9-20(21)2/h5-6,9-12,18H,3-4,7-8,13-17,19H2,1-2H3,(H,27,31). The summed E-state index contributed by atoms with van der Waals surface area (Å²) in [6, 6.07) is 13.3. The molecule has 1 fully saturated rings. The summed E-state index contributed by atoms with van der Waals surface area (Å²) in [4.78, 5) is 17.6. The fourth-order valence-electron chi connectivity index (χ4n) is 4.47. The maximum Gasteiger partial charge on any atom is 0.243 e. The van der Waals surface area contributed by atoms with E-state index in [2.05, 4.69) is 16.8 Å². The molecule has 0 unspecified atom stereocenters. The highest BCUT2D eigenvalue weighted by molar-refractivity contribution is 7.89. The first-order chi connectivity index (χ1) is 16.4. The van der Waals surface area contributed by atoms with E-state index in [4.69, 9.17) is 4.98 Å². The number of rotatable bonds is 10. The predicted molar refractivity (Wildman–Crippen MR) is 134 cm³/mol. The maximum absolute atomic E-state index is 13.0. The zero-order valence-corrected chi connectivity index (χ0v) is 20.9. The van der Waals surface area contributed by atoms with Gasteiger partial charge in [0.05, 0.1) is 15.9 Å². The normalized spacial score (nSPS) is 14.6.